The molecule has 1 atom stereocenters. The molecule has 32 heavy (non-hydrogen) atoms. The van der Waals surface area contributed by atoms with Gasteiger partial charge in [0.15, 0.2) is 0 Å². The average molecular weight is 491 g/mol. The van der Waals surface area contributed by atoms with Crippen LogP contribution in [0.4, 0.5) is 0 Å². The van der Waals surface area contributed by atoms with Gasteiger partial charge in [-0.2, -0.15) is 0 Å². The minimum absolute atomic E-state index is 0.137. The van der Waals surface area contributed by atoms with Crippen LogP contribution in [0, 0.1) is 0 Å². The van der Waals surface area contributed by atoms with Gasteiger partial charge >= 0.3 is 0 Å². The van der Waals surface area contributed by atoms with Gasteiger partial charge < -0.3 is 10.1 Å². The Kier molecular flexibility index (Phi) is 5.27. The van der Waals surface area contributed by atoms with Gasteiger partial charge in [0.2, 0.25) is 0 Å². The quantitative estimate of drug-likeness (QED) is 0.546. The third kappa shape index (κ3) is 3.69. The zero-order chi connectivity index (χ0) is 22.2. The van der Waals surface area contributed by atoms with Gasteiger partial charge in [0.1, 0.15) is 5.75 Å². The van der Waals surface area contributed by atoms with Crippen LogP contribution in [0.25, 0.3) is 0 Å². The van der Waals surface area contributed by atoms with Crippen molar-refractivity contribution in [3.63, 3.8) is 0 Å². The van der Waals surface area contributed by atoms with Crippen LogP contribution in [0.5, 0.6) is 5.75 Å². The summed E-state index contributed by atoms with van der Waals surface area (Å²) >= 11 is 3.47. The predicted molar refractivity (Wildman–Crippen MR) is 122 cm³/mol. The van der Waals surface area contributed by atoms with E-state index in [-0.39, 0.29) is 30.3 Å². The molecule has 1 N–H and O–H groups in total. The predicted octanol–water partition coefficient (Wildman–Crippen LogP) is 4.50. The van der Waals surface area contributed by atoms with E-state index in [2.05, 4.69) is 21.2 Å². The summed E-state index contributed by atoms with van der Waals surface area (Å²) in [5.41, 5.74) is 3.09. The van der Waals surface area contributed by atoms with Gasteiger partial charge in [-0.1, -0.05) is 40.2 Å². The number of nitrogens with one attached hydrogen (secondary N) is 1. The highest BCUT2D eigenvalue weighted by atomic mass is 79.9. The summed E-state index contributed by atoms with van der Waals surface area (Å²) in [4.78, 5) is 39.2. The van der Waals surface area contributed by atoms with Gasteiger partial charge in [0, 0.05) is 22.0 Å². The first-order chi connectivity index (χ1) is 15.5. The number of nitrogens with zero attached hydrogens (tertiary/aromatic N) is 1. The molecule has 2 aliphatic rings. The number of benzene rings is 3. The van der Waals surface area contributed by atoms with Crippen LogP contribution in [0.2, 0.25) is 0 Å². The Balaban J connectivity index is 1.28. The Morgan fingerprint density at radius 2 is 1.69 bits per heavy atom. The molecule has 2 aliphatic heterocycles. The maximum atomic E-state index is 12.8. The molecule has 0 bridgehead atoms. The van der Waals surface area contributed by atoms with Crippen molar-refractivity contribution < 1.29 is 19.1 Å². The van der Waals surface area contributed by atoms with Gasteiger partial charge in [0.05, 0.1) is 30.3 Å². The third-order valence-corrected chi connectivity index (χ3v) is 6.24. The normalized spacial score (nSPS) is 16.9. The number of hydrogen-bond acceptors (Lipinski definition) is 4. The average Bonchev–Trinajstić information content (AvgIpc) is 3.05. The minimum atomic E-state index is -0.295. The van der Waals surface area contributed by atoms with Crippen LogP contribution < -0.4 is 10.1 Å². The van der Waals surface area contributed by atoms with E-state index < -0.39 is 0 Å². The highest BCUT2D eigenvalue weighted by molar-refractivity contribution is 9.10. The van der Waals surface area contributed by atoms with Crippen molar-refractivity contribution in [2.75, 3.05) is 6.61 Å². The van der Waals surface area contributed by atoms with E-state index in [1.54, 1.807) is 48.5 Å². The van der Waals surface area contributed by atoms with E-state index in [1.165, 1.54) is 4.90 Å². The molecule has 6 nitrogen and oxygen atoms in total. The van der Waals surface area contributed by atoms with Crippen molar-refractivity contribution in [3.05, 3.63) is 99.0 Å². The van der Waals surface area contributed by atoms with Crippen LogP contribution >= 0.6 is 15.9 Å². The number of ether oxygens (including phenoxy) is 1. The summed E-state index contributed by atoms with van der Waals surface area (Å²) in [7, 11) is 0. The molecule has 160 valence electrons. The Hall–Kier alpha value is -3.45. The number of halogens is 1. The van der Waals surface area contributed by atoms with Crippen molar-refractivity contribution >= 4 is 33.7 Å². The van der Waals surface area contributed by atoms with Crippen molar-refractivity contribution in [1.29, 1.82) is 0 Å². The molecule has 3 aromatic carbocycles. The third-order valence-electron chi connectivity index (χ3n) is 5.75. The lowest BCUT2D eigenvalue weighted by molar-refractivity contribution is 0.0641. The number of carbonyl (C=O) groups is 3. The first kappa shape index (κ1) is 20.5. The van der Waals surface area contributed by atoms with Gasteiger partial charge in [0.25, 0.3) is 17.7 Å². The number of hydrogen-bond donors (Lipinski definition) is 1. The van der Waals surface area contributed by atoms with E-state index in [0.29, 0.717) is 29.7 Å². The topological polar surface area (TPSA) is 75.7 Å². The molecule has 0 spiro atoms. The van der Waals surface area contributed by atoms with Gasteiger partial charge in [-0.25, -0.2) is 0 Å². The highest BCUT2D eigenvalue weighted by Crippen LogP contribution is 2.34. The van der Waals surface area contributed by atoms with Gasteiger partial charge in [-0.05, 0) is 48.0 Å². The zero-order valence-electron chi connectivity index (χ0n) is 17.0. The number of amides is 3. The van der Waals surface area contributed by atoms with Crippen molar-refractivity contribution in [2.24, 2.45) is 0 Å². The summed E-state index contributed by atoms with van der Waals surface area (Å²) in [6.07, 6.45) is 0.688. The molecular weight excluding hydrogens is 472 g/mol. The van der Waals surface area contributed by atoms with E-state index in [9.17, 15) is 14.4 Å². The molecule has 0 aromatic heterocycles. The van der Waals surface area contributed by atoms with Crippen LogP contribution in [0.15, 0.2) is 71.2 Å². The van der Waals surface area contributed by atoms with Crippen LogP contribution in [-0.4, -0.2) is 29.2 Å². The van der Waals surface area contributed by atoms with E-state index in [0.717, 1.165) is 21.3 Å². The monoisotopic (exact) mass is 490 g/mol. The minimum Gasteiger partial charge on any atom is -0.493 e. The van der Waals surface area contributed by atoms with Crippen LogP contribution in [0.3, 0.4) is 0 Å². The smallest absolute Gasteiger partial charge is 0.261 e. The Morgan fingerprint density at radius 3 is 2.38 bits per heavy atom. The van der Waals surface area contributed by atoms with Crippen LogP contribution in [-0.2, 0) is 6.54 Å². The van der Waals surface area contributed by atoms with Crippen LogP contribution in [0.1, 0.15) is 54.7 Å². The maximum Gasteiger partial charge on any atom is 0.261 e. The number of fused-ring (bicyclic) bond motifs is 2. The van der Waals surface area contributed by atoms with E-state index in [1.807, 2.05) is 18.2 Å². The standard InChI is InChI=1S/C25H19BrN2O4/c26-17-9-10-22-20(13-17)21(11-12-32-22)27-23(29)16-7-5-15(6-8-16)14-28-24(30)18-3-1-2-4-19(18)25(28)31/h1-10,13,21H,11-12,14H2,(H,27,29). The molecule has 0 radical (unpaired) electrons. The molecule has 2 heterocycles. The highest BCUT2D eigenvalue weighted by Gasteiger charge is 2.35. The van der Waals surface area contributed by atoms with E-state index >= 15 is 0 Å². The molecule has 5 rings (SSSR count). The molecule has 3 aromatic rings. The SMILES string of the molecule is O=C(NC1CCOc2ccc(Br)cc21)c1ccc(CN2C(=O)c3ccccc3C2=O)cc1. The number of carbonyl (C=O) groups excluding carboxylic acids is 3. The molecular formula is C25H19BrN2O4. The second-order valence-corrected chi connectivity index (χ2v) is 8.70. The van der Waals surface area contributed by atoms with Crippen molar-refractivity contribution in [1.82, 2.24) is 10.2 Å². The van der Waals surface area contributed by atoms with E-state index in [4.69, 9.17) is 4.74 Å². The lowest BCUT2D eigenvalue weighted by Crippen LogP contribution is -2.32. The number of rotatable bonds is 4. The lowest BCUT2D eigenvalue weighted by Gasteiger charge is -2.27. The molecule has 1 unspecified atom stereocenters. The summed E-state index contributed by atoms with van der Waals surface area (Å²) < 4.78 is 6.61. The molecule has 0 saturated heterocycles. The molecule has 7 heteroatoms. The maximum absolute atomic E-state index is 12.8. The molecule has 3 amide bonds. The van der Waals surface area contributed by atoms with Gasteiger partial charge in [-0.15, -0.1) is 0 Å². The summed E-state index contributed by atoms with van der Waals surface area (Å²) in [5.74, 6) is 0.00433. The van der Waals surface area contributed by atoms with Gasteiger partial charge in [-0.3, -0.25) is 19.3 Å². The zero-order valence-corrected chi connectivity index (χ0v) is 18.6. The second-order valence-electron chi connectivity index (χ2n) is 7.78. The summed E-state index contributed by atoms with van der Waals surface area (Å²) in [6.45, 7) is 0.703. The first-order valence-corrected chi connectivity index (χ1v) is 11.1. The second kappa shape index (κ2) is 8.24. The first-order valence-electron chi connectivity index (χ1n) is 10.3. The Labute approximate surface area is 193 Å². The summed E-state index contributed by atoms with van der Waals surface area (Å²) in [5, 5.41) is 3.08. The molecule has 0 aliphatic carbocycles. The lowest BCUT2D eigenvalue weighted by atomic mass is 10.00. The molecule has 0 fully saturated rings. The fourth-order valence-corrected chi connectivity index (χ4v) is 4.46. The fraction of sp³-hybridized carbons (Fsp3) is 0.160. The Morgan fingerprint density at radius 1 is 1.00 bits per heavy atom. The number of imide groups is 1. The largest absolute Gasteiger partial charge is 0.493 e. The summed E-state index contributed by atoms with van der Waals surface area (Å²) in [6, 6.07) is 19.4. The Bertz CT molecular complexity index is 1200. The molecule has 0 saturated carbocycles. The van der Waals surface area contributed by atoms with Crippen molar-refractivity contribution in [2.45, 2.75) is 19.0 Å². The fourth-order valence-electron chi connectivity index (χ4n) is 4.08. The van der Waals surface area contributed by atoms with Crippen molar-refractivity contribution in [3.8, 4) is 5.75 Å².